The van der Waals surface area contributed by atoms with Crippen molar-refractivity contribution in [3.63, 3.8) is 0 Å². The highest BCUT2D eigenvalue weighted by molar-refractivity contribution is 7.98. The fourth-order valence-electron chi connectivity index (χ4n) is 3.15. The number of hydrogen-bond donors (Lipinski definition) is 2. The molecule has 28 heavy (non-hydrogen) atoms. The van der Waals surface area contributed by atoms with Crippen LogP contribution in [0, 0.1) is 0 Å². The molecule has 1 heterocycles. The predicted molar refractivity (Wildman–Crippen MR) is 115 cm³/mol. The topological polar surface area (TPSA) is 74.7 Å². The molecule has 148 valence electrons. The lowest BCUT2D eigenvalue weighted by Crippen LogP contribution is -2.17. The van der Waals surface area contributed by atoms with Crippen LogP contribution in [0.4, 0.5) is 0 Å². The summed E-state index contributed by atoms with van der Waals surface area (Å²) in [6, 6.07) is 12.4. The van der Waals surface area contributed by atoms with Crippen LogP contribution < -0.4 is 0 Å². The summed E-state index contributed by atoms with van der Waals surface area (Å²) in [5.41, 5.74) is 3.86. The zero-order valence-corrected chi connectivity index (χ0v) is 18.2. The number of tetrazole rings is 1. The highest BCUT2D eigenvalue weighted by Crippen LogP contribution is 2.42. The minimum Gasteiger partial charge on any atom is -0.507 e. The van der Waals surface area contributed by atoms with Crippen LogP contribution in [-0.2, 0) is 16.6 Å². The lowest BCUT2D eigenvalue weighted by atomic mass is 9.79. The van der Waals surface area contributed by atoms with E-state index in [0.29, 0.717) is 11.6 Å². The summed E-state index contributed by atoms with van der Waals surface area (Å²) in [4.78, 5) is 1.15. The average molecular weight is 397 g/mol. The van der Waals surface area contributed by atoms with E-state index in [1.54, 1.807) is 11.8 Å². The van der Waals surface area contributed by atoms with Crippen molar-refractivity contribution in [2.75, 3.05) is 0 Å². The Bertz CT molecular complexity index is 918. The van der Waals surface area contributed by atoms with Crippen molar-refractivity contribution in [2.45, 2.75) is 63.0 Å². The molecule has 0 aliphatic heterocycles. The number of phenols is 1. The Balaban J connectivity index is 1.96. The van der Waals surface area contributed by atoms with E-state index in [-0.39, 0.29) is 10.8 Å². The maximum atomic E-state index is 10.9. The van der Waals surface area contributed by atoms with Crippen molar-refractivity contribution in [3.8, 4) is 17.1 Å². The zero-order chi connectivity index (χ0) is 20.5. The predicted octanol–water partition coefficient (Wildman–Crippen LogP) is 5.46. The van der Waals surface area contributed by atoms with Crippen LogP contribution in [0.5, 0.6) is 5.75 Å². The van der Waals surface area contributed by atoms with Gasteiger partial charge in [-0.05, 0) is 39.0 Å². The van der Waals surface area contributed by atoms with Gasteiger partial charge in [-0.3, -0.25) is 0 Å². The van der Waals surface area contributed by atoms with Gasteiger partial charge in [0.1, 0.15) is 5.75 Å². The Morgan fingerprint density at radius 3 is 2.11 bits per heavy atom. The summed E-state index contributed by atoms with van der Waals surface area (Å²) in [6.45, 7) is 12.8. The van der Waals surface area contributed by atoms with E-state index < -0.39 is 0 Å². The summed E-state index contributed by atoms with van der Waals surface area (Å²) in [5, 5.41) is 25.2. The van der Waals surface area contributed by atoms with Crippen LogP contribution in [0.3, 0.4) is 0 Å². The molecule has 0 unspecified atom stereocenters. The van der Waals surface area contributed by atoms with Crippen LogP contribution >= 0.6 is 11.8 Å². The Morgan fingerprint density at radius 1 is 0.964 bits per heavy atom. The second kappa shape index (κ2) is 7.59. The van der Waals surface area contributed by atoms with Crippen molar-refractivity contribution < 1.29 is 5.11 Å². The lowest BCUT2D eigenvalue weighted by Gasteiger charge is -2.28. The van der Waals surface area contributed by atoms with Crippen LogP contribution in [-0.4, -0.2) is 25.7 Å². The van der Waals surface area contributed by atoms with Crippen molar-refractivity contribution in [1.82, 2.24) is 20.6 Å². The number of thioether (sulfide) groups is 1. The van der Waals surface area contributed by atoms with Gasteiger partial charge in [0.05, 0.1) is 0 Å². The van der Waals surface area contributed by atoms with E-state index in [0.717, 1.165) is 32.9 Å². The minimum absolute atomic E-state index is 0.135. The molecule has 0 spiro atoms. The highest BCUT2D eigenvalue weighted by atomic mass is 32.2. The second-order valence-electron chi connectivity index (χ2n) is 9.06. The van der Waals surface area contributed by atoms with Crippen molar-refractivity contribution >= 4 is 11.8 Å². The first-order valence-corrected chi connectivity index (χ1v) is 10.4. The third-order valence-electron chi connectivity index (χ3n) is 4.71. The van der Waals surface area contributed by atoms with Crippen LogP contribution in [0.15, 0.2) is 41.3 Å². The van der Waals surface area contributed by atoms with Gasteiger partial charge < -0.3 is 5.11 Å². The van der Waals surface area contributed by atoms with E-state index in [4.69, 9.17) is 0 Å². The van der Waals surface area contributed by atoms with Crippen molar-refractivity contribution in [3.05, 3.63) is 53.1 Å². The maximum absolute atomic E-state index is 10.9. The van der Waals surface area contributed by atoms with E-state index >= 15 is 0 Å². The Hall–Kier alpha value is -2.34. The summed E-state index contributed by atoms with van der Waals surface area (Å²) in [7, 11) is 0. The number of benzene rings is 2. The quantitative estimate of drug-likeness (QED) is 0.573. The molecule has 0 saturated heterocycles. The highest BCUT2D eigenvalue weighted by Gasteiger charge is 2.26. The smallest absolute Gasteiger partial charge is 0.179 e. The molecule has 0 aliphatic rings. The van der Waals surface area contributed by atoms with Gasteiger partial charge in [0, 0.05) is 27.3 Å². The van der Waals surface area contributed by atoms with E-state index in [9.17, 15) is 5.11 Å². The number of aromatic amines is 1. The van der Waals surface area contributed by atoms with Gasteiger partial charge >= 0.3 is 0 Å². The zero-order valence-electron chi connectivity index (χ0n) is 17.4. The molecule has 5 nitrogen and oxygen atoms in total. The molecule has 0 fully saturated rings. The summed E-state index contributed by atoms with van der Waals surface area (Å²) in [6.07, 6.45) is 0. The van der Waals surface area contributed by atoms with Gasteiger partial charge in [-0.15, -0.1) is 16.9 Å². The molecule has 2 N–H and O–H groups in total. The molecule has 2 aromatic carbocycles. The van der Waals surface area contributed by atoms with Crippen LogP contribution in [0.1, 0.15) is 58.2 Å². The summed E-state index contributed by atoms with van der Waals surface area (Å²) < 4.78 is 0. The van der Waals surface area contributed by atoms with Crippen LogP contribution in [0.2, 0.25) is 0 Å². The number of rotatable bonds is 4. The average Bonchev–Trinajstić information content (AvgIpc) is 3.13. The molecule has 0 saturated carbocycles. The lowest BCUT2D eigenvalue weighted by molar-refractivity contribution is 0.422. The van der Waals surface area contributed by atoms with Gasteiger partial charge in [-0.2, -0.15) is 0 Å². The molecule has 0 atom stereocenters. The molecule has 0 amide bonds. The van der Waals surface area contributed by atoms with Gasteiger partial charge in [0.15, 0.2) is 5.82 Å². The molecule has 3 aromatic rings. The van der Waals surface area contributed by atoms with Gasteiger partial charge in [-0.1, -0.05) is 65.8 Å². The number of nitrogens with one attached hydrogen (secondary N) is 1. The molecule has 0 radical (unpaired) electrons. The molecule has 6 heteroatoms. The number of aromatic hydroxyl groups is 1. The SMILES string of the molecule is CC(C)(C)c1cc(SCc2ccccc2-c2nnn[nH]2)cc(C(C)(C)C)c1O. The minimum atomic E-state index is -0.135. The fourth-order valence-corrected chi connectivity index (χ4v) is 4.12. The van der Waals surface area contributed by atoms with E-state index in [1.807, 2.05) is 18.2 Å². The standard InChI is InChI=1S/C22H28N4OS/c1-21(2,3)17-11-15(12-18(19(17)27)22(4,5)6)28-13-14-9-7-8-10-16(14)20-23-25-26-24-20/h7-12,27H,13H2,1-6H3,(H,23,24,25,26). The Labute approximate surface area is 171 Å². The third-order valence-corrected chi connectivity index (χ3v) is 5.74. The first-order valence-electron chi connectivity index (χ1n) is 9.40. The first kappa shape index (κ1) is 20.4. The fraction of sp³-hybridized carbons (Fsp3) is 0.409. The third kappa shape index (κ3) is 4.38. The normalized spacial score (nSPS) is 12.4. The molecular formula is C22H28N4OS. The molecular weight excluding hydrogens is 368 g/mol. The Kier molecular flexibility index (Phi) is 5.53. The van der Waals surface area contributed by atoms with Gasteiger partial charge in [0.2, 0.25) is 0 Å². The van der Waals surface area contributed by atoms with E-state index in [2.05, 4.69) is 80.4 Å². The number of aromatic nitrogens is 4. The largest absolute Gasteiger partial charge is 0.507 e. The number of hydrogen-bond acceptors (Lipinski definition) is 5. The number of phenolic OH excluding ortho intramolecular Hbond substituents is 1. The monoisotopic (exact) mass is 396 g/mol. The molecule has 0 aliphatic carbocycles. The summed E-state index contributed by atoms with van der Waals surface area (Å²) in [5.74, 6) is 1.87. The molecule has 3 rings (SSSR count). The van der Waals surface area contributed by atoms with Gasteiger partial charge in [-0.25, -0.2) is 5.10 Å². The number of H-pyrrole nitrogens is 1. The van der Waals surface area contributed by atoms with Crippen LogP contribution in [0.25, 0.3) is 11.4 Å². The van der Waals surface area contributed by atoms with Gasteiger partial charge in [0.25, 0.3) is 0 Å². The van der Waals surface area contributed by atoms with E-state index in [1.165, 1.54) is 0 Å². The molecule has 0 bridgehead atoms. The second-order valence-corrected chi connectivity index (χ2v) is 10.1. The number of nitrogens with zero attached hydrogens (tertiary/aromatic N) is 3. The Morgan fingerprint density at radius 2 is 1.57 bits per heavy atom. The maximum Gasteiger partial charge on any atom is 0.179 e. The first-order chi connectivity index (χ1) is 13.1. The molecule has 1 aromatic heterocycles. The van der Waals surface area contributed by atoms with Crippen molar-refractivity contribution in [1.29, 1.82) is 0 Å². The van der Waals surface area contributed by atoms with Crippen molar-refractivity contribution in [2.24, 2.45) is 0 Å². The summed E-state index contributed by atoms with van der Waals surface area (Å²) >= 11 is 1.76.